The van der Waals surface area contributed by atoms with Crippen LogP contribution in [0.3, 0.4) is 0 Å². The molecule has 1 aromatic carbocycles. The fourth-order valence-electron chi connectivity index (χ4n) is 2.16. The molecule has 0 unspecified atom stereocenters. The van der Waals surface area contributed by atoms with E-state index in [2.05, 4.69) is 15.3 Å². The number of fused-ring (bicyclic) bond motifs is 1. The van der Waals surface area contributed by atoms with Crippen LogP contribution < -0.4 is 5.32 Å². The molecule has 0 amide bonds. The van der Waals surface area contributed by atoms with Crippen LogP contribution in [0.2, 0.25) is 0 Å². The molecule has 0 fully saturated rings. The predicted molar refractivity (Wildman–Crippen MR) is 93.5 cm³/mol. The number of hydrogen-bond acceptors (Lipinski definition) is 6. The van der Waals surface area contributed by atoms with Crippen molar-refractivity contribution < 1.29 is 18.3 Å². The minimum absolute atomic E-state index is 0.0673. The Morgan fingerprint density at radius 3 is 2.80 bits per heavy atom. The molecule has 1 N–H and O–H groups in total. The van der Waals surface area contributed by atoms with Crippen LogP contribution in [0.4, 0.5) is 15.8 Å². The maximum absolute atomic E-state index is 14.1. The van der Waals surface area contributed by atoms with Gasteiger partial charge in [-0.05, 0) is 31.5 Å². The quantitative estimate of drug-likeness (QED) is 0.695. The molecule has 0 atom stereocenters. The molecule has 132 valence electrons. The first-order valence-corrected chi connectivity index (χ1v) is 8.03. The Kier molecular flexibility index (Phi) is 6.05. The van der Waals surface area contributed by atoms with Gasteiger partial charge in [-0.3, -0.25) is 0 Å². The summed E-state index contributed by atoms with van der Waals surface area (Å²) in [5.74, 6) is -1.16. The molecular weight excluding hydrogens is 325 g/mol. The molecule has 2 heterocycles. The molecule has 6 nitrogen and oxygen atoms in total. The van der Waals surface area contributed by atoms with Gasteiger partial charge in [-0.2, -0.15) is 0 Å². The Morgan fingerprint density at radius 1 is 1.36 bits per heavy atom. The monoisotopic (exact) mass is 345 g/mol. The van der Waals surface area contributed by atoms with E-state index in [0.717, 1.165) is 5.56 Å². The molecule has 7 heteroatoms. The lowest BCUT2D eigenvalue weighted by Gasteiger charge is -2.08. The Morgan fingerprint density at radius 2 is 2.12 bits per heavy atom. The summed E-state index contributed by atoms with van der Waals surface area (Å²) in [5, 5.41) is 3.35. The minimum atomic E-state index is -0.652. The maximum atomic E-state index is 14.1. The lowest BCUT2D eigenvalue weighted by molar-refractivity contribution is 0.0494. The number of carbonyl (C=O) groups excluding carboxylic acids is 1. The van der Waals surface area contributed by atoms with Crippen molar-refractivity contribution in [2.24, 2.45) is 0 Å². The van der Waals surface area contributed by atoms with Crippen LogP contribution in [0.15, 0.2) is 35.1 Å². The largest absolute Gasteiger partial charge is 0.460 e. The SMILES string of the molecule is CC.CCOC(=O)c1oc2ncncc2c1Nc1ccc(C)cc1F. The van der Waals surface area contributed by atoms with E-state index in [1.54, 1.807) is 26.0 Å². The molecule has 3 aromatic rings. The van der Waals surface area contributed by atoms with E-state index in [4.69, 9.17) is 9.15 Å². The van der Waals surface area contributed by atoms with Gasteiger partial charge >= 0.3 is 5.97 Å². The summed E-state index contributed by atoms with van der Waals surface area (Å²) in [4.78, 5) is 19.9. The number of benzene rings is 1. The van der Waals surface area contributed by atoms with E-state index in [9.17, 15) is 9.18 Å². The molecule has 0 radical (unpaired) electrons. The molecule has 0 bridgehead atoms. The highest BCUT2D eigenvalue weighted by molar-refractivity contribution is 6.04. The molecule has 0 aliphatic rings. The predicted octanol–water partition coefficient (Wildman–Crippen LogP) is 4.62. The van der Waals surface area contributed by atoms with Crippen LogP contribution in [0.1, 0.15) is 36.9 Å². The summed E-state index contributed by atoms with van der Waals surface area (Å²) >= 11 is 0. The highest BCUT2D eigenvalue weighted by Gasteiger charge is 2.23. The number of aryl methyl sites for hydroxylation is 1. The van der Waals surface area contributed by atoms with Gasteiger partial charge in [0.2, 0.25) is 11.5 Å². The molecule has 0 aliphatic carbocycles. The average molecular weight is 345 g/mol. The van der Waals surface area contributed by atoms with E-state index >= 15 is 0 Å². The second-order valence-corrected chi connectivity index (χ2v) is 4.88. The topological polar surface area (TPSA) is 77.2 Å². The zero-order valence-electron chi connectivity index (χ0n) is 14.6. The molecular formula is C18H20FN3O3. The van der Waals surface area contributed by atoms with Gasteiger partial charge in [0.15, 0.2) is 0 Å². The number of furan rings is 1. The first kappa shape index (κ1) is 18.4. The van der Waals surface area contributed by atoms with Crippen LogP contribution in [0.25, 0.3) is 11.1 Å². The van der Waals surface area contributed by atoms with Crippen molar-refractivity contribution in [1.29, 1.82) is 0 Å². The number of hydrogen-bond donors (Lipinski definition) is 1. The van der Waals surface area contributed by atoms with Crippen LogP contribution in [0.5, 0.6) is 0 Å². The first-order chi connectivity index (χ1) is 12.1. The van der Waals surface area contributed by atoms with Crippen LogP contribution in [-0.2, 0) is 4.74 Å². The zero-order valence-corrected chi connectivity index (χ0v) is 14.6. The lowest BCUT2D eigenvalue weighted by atomic mass is 10.2. The zero-order chi connectivity index (χ0) is 18.4. The fraction of sp³-hybridized carbons (Fsp3) is 0.278. The second-order valence-electron chi connectivity index (χ2n) is 4.88. The number of anilines is 2. The summed E-state index contributed by atoms with van der Waals surface area (Å²) in [7, 11) is 0. The van der Waals surface area contributed by atoms with Crippen LogP contribution in [0, 0.1) is 12.7 Å². The third-order valence-electron chi connectivity index (χ3n) is 3.22. The normalized spacial score (nSPS) is 10.1. The van der Waals surface area contributed by atoms with Crippen molar-refractivity contribution in [2.75, 3.05) is 11.9 Å². The first-order valence-electron chi connectivity index (χ1n) is 8.03. The lowest BCUT2D eigenvalue weighted by Crippen LogP contribution is -2.06. The van der Waals surface area contributed by atoms with Crippen molar-refractivity contribution in [2.45, 2.75) is 27.7 Å². The van der Waals surface area contributed by atoms with Crippen molar-refractivity contribution in [3.63, 3.8) is 0 Å². The number of nitrogens with one attached hydrogen (secondary N) is 1. The smallest absolute Gasteiger partial charge is 0.376 e. The molecule has 0 saturated heterocycles. The average Bonchev–Trinajstić information content (AvgIpc) is 2.98. The number of ether oxygens (including phenoxy) is 1. The molecule has 3 rings (SSSR count). The molecule has 0 aliphatic heterocycles. The van der Waals surface area contributed by atoms with E-state index in [1.807, 2.05) is 13.8 Å². The highest BCUT2D eigenvalue weighted by Crippen LogP contribution is 2.33. The van der Waals surface area contributed by atoms with Gasteiger partial charge in [-0.15, -0.1) is 0 Å². The summed E-state index contributed by atoms with van der Waals surface area (Å²) < 4.78 is 24.5. The summed E-state index contributed by atoms with van der Waals surface area (Å²) in [6, 6.07) is 4.74. The standard InChI is InChI=1S/C16H14FN3O3.C2H6/c1-3-22-16(21)14-13(10-7-18-8-19-15(10)23-14)20-12-5-4-9(2)6-11(12)17;1-2/h4-8,20H,3H2,1-2H3;1-2H3. The molecule has 0 saturated carbocycles. The summed E-state index contributed by atoms with van der Waals surface area (Å²) in [6.45, 7) is 7.67. The number of halogens is 1. The minimum Gasteiger partial charge on any atom is -0.460 e. The Labute approximate surface area is 145 Å². The number of aromatic nitrogens is 2. The van der Waals surface area contributed by atoms with Gasteiger partial charge in [-0.1, -0.05) is 19.9 Å². The Balaban J connectivity index is 0.00000109. The highest BCUT2D eigenvalue weighted by atomic mass is 19.1. The third-order valence-corrected chi connectivity index (χ3v) is 3.22. The fourth-order valence-corrected chi connectivity index (χ4v) is 2.16. The number of nitrogens with zero attached hydrogens (tertiary/aromatic N) is 2. The van der Waals surface area contributed by atoms with Crippen LogP contribution >= 0.6 is 0 Å². The van der Waals surface area contributed by atoms with E-state index in [1.165, 1.54) is 18.6 Å². The number of rotatable bonds is 4. The van der Waals surface area contributed by atoms with Crippen molar-refractivity contribution in [3.05, 3.63) is 47.9 Å². The van der Waals surface area contributed by atoms with Gasteiger partial charge in [0.25, 0.3) is 0 Å². The number of carbonyl (C=O) groups is 1. The third kappa shape index (κ3) is 3.93. The van der Waals surface area contributed by atoms with Gasteiger partial charge in [0, 0.05) is 6.20 Å². The van der Waals surface area contributed by atoms with E-state index < -0.39 is 11.8 Å². The summed E-state index contributed by atoms with van der Waals surface area (Å²) in [6.07, 6.45) is 2.79. The molecule has 25 heavy (non-hydrogen) atoms. The van der Waals surface area contributed by atoms with Gasteiger partial charge in [0.05, 0.1) is 17.7 Å². The van der Waals surface area contributed by atoms with Crippen molar-refractivity contribution in [3.8, 4) is 0 Å². The molecule has 2 aromatic heterocycles. The van der Waals surface area contributed by atoms with E-state index in [-0.39, 0.29) is 29.5 Å². The second kappa shape index (κ2) is 8.23. The van der Waals surface area contributed by atoms with Crippen molar-refractivity contribution >= 4 is 28.4 Å². The van der Waals surface area contributed by atoms with Gasteiger partial charge in [-0.25, -0.2) is 19.2 Å². The van der Waals surface area contributed by atoms with Crippen molar-refractivity contribution in [1.82, 2.24) is 9.97 Å². The van der Waals surface area contributed by atoms with Gasteiger partial charge < -0.3 is 14.5 Å². The van der Waals surface area contributed by atoms with Gasteiger partial charge in [0.1, 0.15) is 17.8 Å². The maximum Gasteiger partial charge on any atom is 0.376 e. The Hall–Kier alpha value is -2.96. The Bertz CT molecular complexity index is 877. The van der Waals surface area contributed by atoms with Crippen LogP contribution in [-0.4, -0.2) is 22.5 Å². The van der Waals surface area contributed by atoms with E-state index in [0.29, 0.717) is 5.39 Å². The number of esters is 1. The molecule has 0 spiro atoms. The summed E-state index contributed by atoms with van der Waals surface area (Å²) in [5.41, 5.74) is 1.51.